The van der Waals surface area contributed by atoms with Crippen LogP contribution in [-0.4, -0.2) is 74.5 Å². The quantitative estimate of drug-likeness (QED) is 0.277. The number of para-hydroxylation sites is 2. The van der Waals surface area contributed by atoms with Crippen molar-refractivity contribution in [1.29, 1.82) is 0 Å². The molecule has 10 heteroatoms. The number of anilines is 2. The smallest absolute Gasteiger partial charge is 0.414 e. The molecule has 6 rings (SSSR count). The van der Waals surface area contributed by atoms with Crippen LogP contribution in [0.4, 0.5) is 11.4 Å². The number of fused-ring (bicyclic) bond motifs is 2. The Morgan fingerprint density at radius 3 is 1.40 bits per heavy atom. The molecule has 0 aliphatic carbocycles. The van der Waals surface area contributed by atoms with Gasteiger partial charge in [0, 0.05) is 63.1 Å². The molecule has 0 saturated carbocycles. The molecule has 10 nitrogen and oxygen atoms in total. The van der Waals surface area contributed by atoms with Gasteiger partial charge in [0.25, 0.3) is 0 Å². The number of carboxylic acids is 2. The summed E-state index contributed by atoms with van der Waals surface area (Å²) < 4.78 is 11.5. The minimum Gasteiger partial charge on any atom is -0.473 e. The first-order chi connectivity index (χ1) is 19.4. The number of carbonyl (C=O) groups is 2. The summed E-state index contributed by atoms with van der Waals surface area (Å²) >= 11 is 0. The first-order valence-electron chi connectivity index (χ1n) is 13.8. The van der Waals surface area contributed by atoms with Gasteiger partial charge >= 0.3 is 11.9 Å². The molecule has 0 spiro atoms. The summed E-state index contributed by atoms with van der Waals surface area (Å²) in [6.45, 7) is 12.8. The molecule has 2 fully saturated rings. The van der Waals surface area contributed by atoms with Crippen LogP contribution in [0.2, 0.25) is 0 Å². The van der Waals surface area contributed by atoms with Gasteiger partial charge in [-0.1, -0.05) is 38.1 Å². The Balaban J connectivity index is 0.000000155. The second kappa shape index (κ2) is 13.9. The van der Waals surface area contributed by atoms with E-state index in [4.69, 9.17) is 28.6 Å². The molecule has 0 unspecified atom stereocenters. The van der Waals surface area contributed by atoms with E-state index in [1.807, 2.05) is 12.5 Å². The summed E-state index contributed by atoms with van der Waals surface area (Å²) in [5.74, 6) is -3.65. The molecule has 2 aromatic heterocycles. The van der Waals surface area contributed by atoms with Crippen LogP contribution in [0.3, 0.4) is 0 Å². The van der Waals surface area contributed by atoms with Crippen LogP contribution in [0, 0.1) is 0 Å². The zero-order valence-corrected chi connectivity index (χ0v) is 23.1. The largest absolute Gasteiger partial charge is 0.473 e. The van der Waals surface area contributed by atoms with E-state index in [2.05, 4.69) is 70.7 Å². The summed E-state index contributed by atoms with van der Waals surface area (Å²) in [7, 11) is 0. The van der Waals surface area contributed by atoms with Gasteiger partial charge in [-0.25, -0.2) is 9.59 Å². The zero-order chi connectivity index (χ0) is 28.5. The summed E-state index contributed by atoms with van der Waals surface area (Å²) in [6, 6.07) is 12.9. The lowest BCUT2D eigenvalue weighted by molar-refractivity contribution is -0.159. The highest BCUT2D eigenvalue weighted by Gasteiger charge is 2.17. The van der Waals surface area contributed by atoms with Gasteiger partial charge < -0.3 is 39.5 Å². The maximum atomic E-state index is 9.10. The highest BCUT2D eigenvalue weighted by Crippen LogP contribution is 2.32. The molecule has 2 saturated heterocycles. The Bertz CT molecular complexity index is 1310. The average Bonchev–Trinajstić information content (AvgIpc) is 3.62. The van der Waals surface area contributed by atoms with E-state index in [0.29, 0.717) is 0 Å². The van der Waals surface area contributed by atoms with Crippen LogP contribution in [0.5, 0.6) is 0 Å². The second-order valence-corrected chi connectivity index (χ2v) is 9.62. The highest BCUT2D eigenvalue weighted by atomic mass is 16.4. The summed E-state index contributed by atoms with van der Waals surface area (Å²) in [5.41, 5.74) is 7.18. The van der Waals surface area contributed by atoms with Gasteiger partial charge in [0.05, 0.1) is 23.9 Å². The fourth-order valence-corrected chi connectivity index (χ4v) is 5.05. The number of hydrogen-bond donors (Lipinski definition) is 4. The van der Waals surface area contributed by atoms with Gasteiger partial charge in [-0.15, -0.1) is 0 Å². The Labute approximate surface area is 233 Å². The summed E-state index contributed by atoms with van der Waals surface area (Å²) in [6.07, 6.45) is 5.85. The number of furan rings is 2. The molecule has 2 aliphatic heterocycles. The van der Waals surface area contributed by atoms with E-state index in [1.54, 1.807) is 0 Å². The lowest BCUT2D eigenvalue weighted by Gasteiger charge is -2.29. The number of nitrogens with zero attached hydrogens (tertiary/aromatic N) is 2. The van der Waals surface area contributed by atoms with E-state index in [-0.39, 0.29) is 0 Å². The molecule has 2 aliphatic rings. The van der Waals surface area contributed by atoms with E-state index in [9.17, 15) is 0 Å². The lowest BCUT2D eigenvalue weighted by Crippen LogP contribution is -2.43. The third-order valence-corrected chi connectivity index (χ3v) is 7.18. The van der Waals surface area contributed by atoms with Crippen LogP contribution >= 0.6 is 0 Å². The fourth-order valence-electron chi connectivity index (χ4n) is 5.05. The molecule has 2 aromatic carbocycles. The van der Waals surface area contributed by atoms with Gasteiger partial charge in [0.1, 0.15) is 0 Å². The van der Waals surface area contributed by atoms with Crippen molar-refractivity contribution in [3.63, 3.8) is 0 Å². The molecule has 0 radical (unpaired) electrons. The van der Waals surface area contributed by atoms with E-state index >= 15 is 0 Å². The number of nitrogens with one attached hydrogen (secondary N) is 2. The number of aliphatic carboxylic acids is 2. The molecule has 4 heterocycles. The van der Waals surface area contributed by atoms with Crippen molar-refractivity contribution >= 4 is 45.3 Å². The van der Waals surface area contributed by atoms with Gasteiger partial charge in [-0.05, 0) is 36.1 Å². The van der Waals surface area contributed by atoms with Gasteiger partial charge in [-0.3, -0.25) is 0 Å². The number of piperazine rings is 2. The molecular formula is C30H38N4O6. The van der Waals surface area contributed by atoms with Crippen LogP contribution in [0.1, 0.15) is 25.0 Å². The zero-order valence-electron chi connectivity index (χ0n) is 23.1. The van der Waals surface area contributed by atoms with Crippen LogP contribution in [0.25, 0.3) is 21.9 Å². The summed E-state index contributed by atoms with van der Waals surface area (Å²) in [4.78, 5) is 23.0. The predicted octanol–water partition coefficient (Wildman–Crippen LogP) is 3.97. The lowest BCUT2D eigenvalue weighted by atomic mass is 10.1. The maximum absolute atomic E-state index is 9.10. The van der Waals surface area contributed by atoms with Crippen molar-refractivity contribution in [2.45, 2.75) is 26.7 Å². The Morgan fingerprint density at radius 2 is 1.07 bits per heavy atom. The van der Waals surface area contributed by atoms with Crippen molar-refractivity contribution in [3.05, 3.63) is 60.1 Å². The van der Waals surface area contributed by atoms with Gasteiger partial charge in [0.15, 0.2) is 11.2 Å². The maximum Gasteiger partial charge on any atom is 0.414 e. The Kier molecular flexibility index (Phi) is 10.0. The number of rotatable bonds is 4. The minimum atomic E-state index is -1.82. The number of carboxylic acid groups (broad SMARTS) is 2. The monoisotopic (exact) mass is 550 g/mol. The fraction of sp³-hybridized carbons (Fsp3) is 0.400. The third kappa shape index (κ3) is 6.75. The van der Waals surface area contributed by atoms with Gasteiger partial charge in [-0.2, -0.15) is 0 Å². The Morgan fingerprint density at radius 1 is 0.700 bits per heavy atom. The highest BCUT2D eigenvalue weighted by molar-refractivity contribution is 6.27. The molecule has 0 amide bonds. The normalized spacial score (nSPS) is 15.2. The van der Waals surface area contributed by atoms with Crippen molar-refractivity contribution in [1.82, 2.24) is 10.6 Å². The molecule has 0 bridgehead atoms. The number of hydrogen-bond acceptors (Lipinski definition) is 8. The Hall–Kier alpha value is -4.02. The molecule has 4 N–H and O–H groups in total. The third-order valence-electron chi connectivity index (χ3n) is 7.18. The van der Waals surface area contributed by atoms with E-state index in [1.165, 1.54) is 33.3 Å². The minimum absolute atomic E-state index is 1.03. The van der Waals surface area contributed by atoms with Crippen molar-refractivity contribution in [3.8, 4) is 0 Å². The molecule has 40 heavy (non-hydrogen) atoms. The second-order valence-electron chi connectivity index (χ2n) is 9.62. The number of aryl methyl sites for hydroxylation is 2. The molecule has 214 valence electrons. The first kappa shape index (κ1) is 29.0. The van der Waals surface area contributed by atoms with Crippen molar-refractivity contribution < 1.29 is 28.6 Å². The van der Waals surface area contributed by atoms with E-state index < -0.39 is 11.9 Å². The van der Waals surface area contributed by atoms with Crippen LogP contribution in [0.15, 0.2) is 57.8 Å². The first-order valence-corrected chi connectivity index (χ1v) is 13.8. The van der Waals surface area contributed by atoms with Crippen LogP contribution in [-0.2, 0) is 22.4 Å². The molecule has 4 aromatic rings. The van der Waals surface area contributed by atoms with Crippen LogP contribution < -0.4 is 20.4 Å². The molecule has 0 atom stereocenters. The average molecular weight is 551 g/mol. The molecular weight excluding hydrogens is 512 g/mol. The van der Waals surface area contributed by atoms with Crippen molar-refractivity contribution in [2.24, 2.45) is 0 Å². The van der Waals surface area contributed by atoms with Gasteiger partial charge in [0.2, 0.25) is 0 Å². The predicted molar refractivity (Wildman–Crippen MR) is 157 cm³/mol. The SMILES string of the molecule is CCc1coc2c(N3CCNCC3)cccc12.CCc1coc2c(N3CCNCC3)cccc12.O=C(O)C(=O)O. The number of benzene rings is 2. The summed E-state index contributed by atoms with van der Waals surface area (Å²) in [5, 5.41) is 24.1. The van der Waals surface area contributed by atoms with E-state index in [0.717, 1.165) is 76.4 Å². The topological polar surface area (TPSA) is 131 Å². The van der Waals surface area contributed by atoms with Crippen molar-refractivity contribution in [2.75, 3.05) is 62.2 Å². The standard InChI is InChI=1S/2C14H18N2O.C2H2O4/c2*1-2-11-10-17-14-12(11)4-3-5-13(14)16-8-6-15-7-9-16;3-1(4)2(5)6/h2*3-5,10,15H,2,6-9H2,1H3;(H,3,4)(H,5,6).